The molecule has 0 saturated heterocycles. The van der Waals surface area contributed by atoms with Crippen molar-refractivity contribution in [3.8, 4) is 0 Å². The lowest BCUT2D eigenvalue weighted by Crippen LogP contribution is -1.93. The van der Waals surface area contributed by atoms with Crippen molar-refractivity contribution in [2.75, 3.05) is 6.61 Å². The zero-order valence-corrected chi connectivity index (χ0v) is 4.06. The van der Waals surface area contributed by atoms with E-state index in [1.54, 1.807) is 0 Å². The highest BCUT2D eigenvalue weighted by Crippen LogP contribution is 1.55. The Labute approximate surface area is 41.4 Å². The van der Waals surface area contributed by atoms with Gasteiger partial charge in [0.05, 0.1) is 0 Å². The summed E-state index contributed by atoms with van der Waals surface area (Å²) in [6.45, 7) is 1.000. The Morgan fingerprint density at radius 1 is 1.57 bits per heavy atom. The van der Waals surface area contributed by atoms with Gasteiger partial charge in [-0.3, -0.25) is 4.79 Å². The molecule has 0 aromatic carbocycles. The first-order chi connectivity index (χ1) is 2.27. The Kier molecular flexibility index (Phi) is 20.9. The van der Waals surface area contributed by atoms with Crippen LogP contribution in [0.2, 0.25) is 0 Å². The number of aliphatic hydroxyl groups excluding tert-OH is 1. The van der Waals surface area contributed by atoms with Crippen LogP contribution in [0, 0.1) is 0 Å². The van der Waals surface area contributed by atoms with Crippen LogP contribution in [0.5, 0.6) is 0 Å². The van der Waals surface area contributed by atoms with Crippen LogP contribution in [0.1, 0.15) is 6.92 Å². The minimum absolute atomic E-state index is 0. The summed E-state index contributed by atoms with van der Waals surface area (Å²) >= 11 is 0. The molecule has 5 N–H and O–H groups in total. The van der Waals surface area contributed by atoms with Gasteiger partial charge < -0.3 is 16.1 Å². The van der Waals surface area contributed by atoms with Crippen molar-refractivity contribution in [1.29, 1.82) is 0 Å². The second-order valence-corrected chi connectivity index (χ2v) is 0.860. The van der Waals surface area contributed by atoms with Crippen LogP contribution in [0.4, 0.5) is 0 Å². The molecule has 0 spiro atoms. The molecule has 0 rings (SSSR count). The standard InChI is InChI=1S/C3H6O2.2H2O/c1-3(5)2-4;;/h4H,2H2,1H3;2*1H2. The third-order valence-corrected chi connectivity index (χ3v) is 0.223. The Hall–Kier alpha value is -0.450. The van der Waals surface area contributed by atoms with Crippen molar-refractivity contribution >= 4 is 5.78 Å². The number of aliphatic hydroxyl groups is 1. The normalized spacial score (nSPS) is 5.43. The van der Waals surface area contributed by atoms with Gasteiger partial charge in [-0.25, -0.2) is 0 Å². The molecule has 0 aliphatic rings. The predicted octanol–water partition coefficient (Wildman–Crippen LogP) is -2.08. The van der Waals surface area contributed by atoms with Gasteiger partial charge in [0.25, 0.3) is 0 Å². The molecule has 4 heteroatoms. The van der Waals surface area contributed by atoms with Gasteiger partial charge in [0.15, 0.2) is 5.78 Å². The van der Waals surface area contributed by atoms with Gasteiger partial charge in [-0.2, -0.15) is 0 Å². The zero-order chi connectivity index (χ0) is 4.28. The SMILES string of the molecule is CC(=O)CO.O.O. The monoisotopic (exact) mass is 110 g/mol. The van der Waals surface area contributed by atoms with E-state index < -0.39 is 0 Å². The fourth-order valence-corrected chi connectivity index (χ4v) is 0. The number of hydrogen-bond donors (Lipinski definition) is 1. The lowest BCUT2D eigenvalue weighted by molar-refractivity contribution is -0.119. The molecule has 0 bridgehead atoms. The van der Waals surface area contributed by atoms with Crippen molar-refractivity contribution < 1.29 is 20.9 Å². The topological polar surface area (TPSA) is 100 Å². The maximum atomic E-state index is 9.56. The van der Waals surface area contributed by atoms with Gasteiger partial charge in [0.1, 0.15) is 6.61 Å². The number of rotatable bonds is 1. The molecule has 0 unspecified atom stereocenters. The third-order valence-electron chi connectivity index (χ3n) is 0.223. The van der Waals surface area contributed by atoms with E-state index in [0.29, 0.717) is 0 Å². The Balaban J connectivity index is -0.0000000800. The Morgan fingerprint density at radius 2 is 1.71 bits per heavy atom. The first kappa shape index (κ1) is 16.0. The summed E-state index contributed by atoms with van der Waals surface area (Å²) in [5.74, 6) is -0.190. The molecule has 0 aliphatic heterocycles. The van der Waals surface area contributed by atoms with Crippen LogP contribution in [0.15, 0.2) is 0 Å². The number of hydrogen-bond acceptors (Lipinski definition) is 2. The minimum atomic E-state index is -0.333. The maximum absolute atomic E-state index is 9.56. The average molecular weight is 110 g/mol. The molecule has 0 atom stereocenters. The highest BCUT2D eigenvalue weighted by Gasteiger charge is 1.78. The highest BCUT2D eigenvalue weighted by atomic mass is 16.3. The summed E-state index contributed by atoms with van der Waals surface area (Å²) in [5, 5.41) is 7.79. The molecule has 0 aromatic heterocycles. The molecular weight excluding hydrogens is 100 g/mol. The van der Waals surface area contributed by atoms with Crippen molar-refractivity contribution in [1.82, 2.24) is 0 Å². The van der Waals surface area contributed by atoms with Gasteiger partial charge in [-0.05, 0) is 6.92 Å². The second kappa shape index (κ2) is 9.12. The molecule has 0 saturated carbocycles. The fraction of sp³-hybridized carbons (Fsp3) is 0.667. The lowest BCUT2D eigenvalue weighted by atomic mass is 10.5. The van der Waals surface area contributed by atoms with Crippen LogP contribution in [-0.4, -0.2) is 28.4 Å². The third kappa shape index (κ3) is 29.1. The summed E-state index contributed by atoms with van der Waals surface area (Å²) in [6, 6.07) is 0. The van der Waals surface area contributed by atoms with Crippen molar-refractivity contribution in [3.05, 3.63) is 0 Å². The molecule has 0 aliphatic carbocycles. The van der Waals surface area contributed by atoms with E-state index in [2.05, 4.69) is 0 Å². The maximum Gasteiger partial charge on any atom is 0.155 e. The van der Waals surface area contributed by atoms with Gasteiger partial charge in [0.2, 0.25) is 0 Å². The Bertz CT molecular complexity index is 42.2. The van der Waals surface area contributed by atoms with Gasteiger partial charge in [-0.1, -0.05) is 0 Å². The number of Topliss-reactive ketones (excluding diaryl/α,β-unsaturated/α-hetero) is 1. The second-order valence-electron chi connectivity index (χ2n) is 0.860. The van der Waals surface area contributed by atoms with E-state index in [4.69, 9.17) is 5.11 Å². The van der Waals surface area contributed by atoms with Gasteiger partial charge in [0, 0.05) is 0 Å². The van der Waals surface area contributed by atoms with E-state index in [0.717, 1.165) is 0 Å². The molecule has 0 fully saturated rings. The van der Waals surface area contributed by atoms with E-state index in [1.807, 2.05) is 0 Å². The quantitative estimate of drug-likeness (QED) is 0.418. The fourth-order valence-electron chi connectivity index (χ4n) is 0. The summed E-state index contributed by atoms with van der Waals surface area (Å²) in [6.07, 6.45) is 0. The van der Waals surface area contributed by atoms with E-state index in [-0.39, 0.29) is 23.3 Å². The summed E-state index contributed by atoms with van der Waals surface area (Å²) in [7, 11) is 0. The predicted molar refractivity (Wildman–Crippen MR) is 25.0 cm³/mol. The van der Waals surface area contributed by atoms with Crippen molar-refractivity contribution in [3.63, 3.8) is 0 Å². The van der Waals surface area contributed by atoms with Crippen molar-refractivity contribution in [2.24, 2.45) is 0 Å². The van der Waals surface area contributed by atoms with Gasteiger partial charge in [-0.15, -0.1) is 0 Å². The minimum Gasteiger partial charge on any atom is -0.412 e. The van der Waals surface area contributed by atoms with Crippen LogP contribution in [0.3, 0.4) is 0 Å². The van der Waals surface area contributed by atoms with Crippen LogP contribution < -0.4 is 0 Å². The largest absolute Gasteiger partial charge is 0.412 e. The summed E-state index contributed by atoms with van der Waals surface area (Å²) in [5.41, 5.74) is 0. The molecule has 0 amide bonds. The van der Waals surface area contributed by atoms with Gasteiger partial charge >= 0.3 is 0 Å². The van der Waals surface area contributed by atoms with E-state index in [9.17, 15) is 4.79 Å². The first-order valence-corrected chi connectivity index (χ1v) is 1.37. The molecular formula is C3H10O4. The molecule has 0 radical (unpaired) electrons. The number of ketones is 1. The average Bonchev–Trinajstić information content (AvgIpc) is 1.38. The first-order valence-electron chi connectivity index (χ1n) is 1.37. The Morgan fingerprint density at radius 3 is 1.71 bits per heavy atom. The lowest BCUT2D eigenvalue weighted by Gasteiger charge is -1.72. The van der Waals surface area contributed by atoms with Crippen molar-refractivity contribution in [2.45, 2.75) is 6.92 Å². The smallest absolute Gasteiger partial charge is 0.155 e. The van der Waals surface area contributed by atoms with Crippen LogP contribution in [0.25, 0.3) is 0 Å². The highest BCUT2D eigenvalue weighted by molar-refractivity contribution is 5.76. The zero-order valence-electron chi connectivity index (χ0n) is 4.06. The molecule has 46 valence electrons. The van der Waals surface area contributed by atoms with E-state index >= 15 is 0 Å². The number of carbonyl (C=O) groups excluding carboxylic acids is 1. The molecule has 7 heavy (non-hydrogen) atoms. The molecule has 0 heterocycles. The molecule has 4 nitrogen and oxygen atoms in total. The number of carbonyl (C=O) groups is 1. The van der Waals surface area contributed by atoms with Crippen LogP contribution in [-0.2, 0) is 4.79 Å². The van der Waals surface area contributed by atoms with E-state index in [1.165, 1.54) is 6.92 Å². The summed E-state index contributed by atoms with van der Waals surface area (Å²) in [4.78, 5) is 9.56. The summed E-state index contributed by atoms with van der Waals surface area (Å²) < 4.78 is 0. The van der Waals surface area contributed by atoms with Crippen LogP contribution >= 0.6 is 0 Å². The molecule has 0 aromatic rings.